The molecular formula is C15H23N3O2. The van der Waals surface area contributed by atoms with Crippen LogP contribution in [0.1, 0.15) is 6.42 Å². The van der Waals surface area contributed by atoms with Gasteiger partial charge in [0, 0.05) is 55.7 Å². The Labute approximate surface area is 120 Å². The van der Waals surface area contributed by atoms with Gasteiger partial charge in [-0.3, -0.25) is 4.90 Å². The lowest BCUT2D eigenvalue weighted by atomic mass is 10.2. The van der Waals surface area contributed by atoms with E-state index < -0.39 is 0 Å². The number of nitrogens with two attached hydrogens (primary N) is 1. The lowest BCUT2D eigenvalue weighted by Gasteiger charge is -2.32. The van der Waals surface area contributed by atoms with Crippen molar-refractivity contribution >= 4 is 11.4 Å². The summed E-state index contributed by atoms with van der Waals surface area (Å²) in [5.74, 6) is 0.829. The van der Waals surface area contributed by atoms with Gasteiger partial charge >= 0.3 is 0 Å². The van der Waals surface area contributed by atoms with Crippen LogP contribution < -0.4 is 15.4 Å². The van der Waals surface area contributed by atoms with Gasteiger partial charge in [-0.1, -0.05) is 0 Å². The smallest absolute Gasteiger partial charge is 0.122 e. The second-order valence-corrected chi connectivity index (χ2v) is 5.50. The van der Waals surface area contributed by atoms with E-state index in [1.54, 1.807) is 7.11 Å². The molecule has 1 aromatic rings. The van der Waals surface area contributed by atoms with Gasteiger partial charge in [-0.05, 0) is 12.5 Å². The van der Waals surface area contributed by atoms with Crippen LogP contribution in [0.15, 0.2) is 18.2 Å². The summed E-state index contributed by atoms with van der Waals surface area (Å²) in [7, 11) is 1.68. The van der Waals surface area contributed by atoms with Crippen LogP contribution in [0.4, 0.5) is 11.4 Å². The van der Waals surface area contributed by atoms with E-state index in [4.69, 9.17) is 15.2 Å². The second kappa shape index (κ2) is 5.89. The van der Waals surface area contributed by atoms with Crippen molar-refractivity contribution in [3.63, 3.8) is 0 Å². The minimum absolute atomic E-state index is 0.631. The van der Waals surface area contributed by atoms with E-state index in [-0.39, 0.29) is 0 Å². The molecule has 2 aliphatic heterocycles. The zero-order valence-electron chi connectivity index (χ0n) is 12.0. The number of hydrogen-bond acceptors (Lipinski definition) is 5. The highest BCUT2D eigenvalue weighted by atomic mass is 16.5. The largest absolute Gasteiger partial charge is 0.497 e. The van der Waals surface area contributed by atoms with Crippen LogP contribution in [0.3, 0.4) is 0 Å². The number of methoxy groups -OCH3 is 1. The fourth-order valence-corrected chi connectivity index (χ4v) is 3.12. The van der Waals surface area contributed by atoms with Gasteiger partial charge in [0.25, 0.3) is 0 Å². The van der Waals surface area contributed by atoms with Gasteiger partial charge in [0.1, 0.15) is 5.75 Å². The monoisotopic (exact) mass is 277 g/mol. The van der Waals surface area contributed by atoms with Gasteiger partial charge in [-0.15, -0.1) is 0 Å². The summed E-state index contributed by atoms with van der Waals surface area (Å²) >= 11 is 0. The predicted molar refractivity (Wildman–Crippen MR) is 80.4 cm³/mol. The number of rotatable bonds is 3. The first-order chi connectivity index (χ1) is 9.76. The highest BCUT2D eigenvalue weighted by Gasteiger charge is 2.29. The summed E-state index contributed by atoms with van der Waals surface area (Å²) < 4.78 is 10.7. The van der Waals surface area contributed by atoms with Crippen molar-refractivity contribution in [2.45, 2.75) is 12.5 Å². The highest BCUT2D eigenvalue weighted by molar-refractivity contribution is 5.61. The molecule has 5 nitrogen and oxygen atoms in total. The van der Waals surface area contributed by atoms with Gasteiger partial charge in [0.2, 0.25) is 0 Å². The van der Waals surface area contributed by atoms with Gasteiger partial charge in [-0.25, -0.2) is 0 Å². The molecule has 1 aromatic carbocycles. The normalized spacial score (nSPS) is 24.1. The molecule has 2 N–H and O–H groups in total. The van der Waals surface area contributed by atoms with Crippen molar-refractivity contribution in [2.24, 2.45) is 0 Å². The Kier molecular flexibility index (Phi) is 3.98. The molecule has 1 atom stereocenters. The topological polar surface area (TPSA) is 51.0 Å². The van der Waals surface area contributed by atoms with Crippen LogP contribution >= 0.6 is 0 Å². The van der Waals surface area contributed by atoms with Crippen LogP contribution in [0.25, 0.3) is 0 Å². The number of nitrogen functional groups attached to an aromatic ring is 1. The fourth-order valence-electron chi connectivity index (χ4n) is 3.12. The first kappa shape index (κ1) is 13.5. The average Bonchev–Trinajstić information content (AvgIpc) is 2.97. The molecule has 3 rings (SSSR count). The number of nitrogens with zero attached hydrogens (tertiary/aromatic N) is 2. The zero-order chi connectivity index (χ0) is 13.9. The molecule has 2 aliphatic rings. The molecule has 2 saturated heterocycles. The maximum atomic E-state index is 5.95. The van der Waals surface area contributed by atoms with Gasteiger partial charge in [0.15, 0.2) is 0 Å². The summed E-state index contributed by atoms with van der Waals surface area (Å²) in [5.41, 5.74) is 7.87. The molecule has 0 aliphatic carbocycles. The molecule has 2 heterocycles. The molecule has 0 spiro atoms. The van der Waals surface area contributed by atoms with Crippen molar-refractivity contribution in [3.8, 4) is 5.75 Å². The molecule has 110 valence electrons. The Morgan fingerprint density at radius 1 is 1.20 bits per heavy atom. The number of morpholine rings is 1. The zero-order valence-corrected chi connectivity index (χ0v) is 12.0. The quantitative estimate of drug-likeness (QED) is 0.841. The summed E-state index contributed by atoms with van der Waals surface area (Å²) in [6, 6.07) is 6.59. The minimum atomic E-state index is 0.631. The maximum absolute atomic E-state index is 5.95. The summed E-state index contributed by atoms with van der Waals surface area (Å²) in [4.78, 5) is 4.95. The Bertz CT molecular complexity index is 460. The molecule has 5 heteroatoms. The van der Waals surface area contributed by atoms with E-state index in [1.165, 1.54) is 6.42 Å². The van der Waals surface area contributed by atoms with E-state index in [1.807, 2.05) is 12.1 Å². The Morgan fingerprint density at radius 2 is 2.00 bits per heavy atom. The van der Waals surface area contributed by atoms with E-state index in [2.05, 4.69) is 15.9 Å². The predicted octanol–water partition coefficient (Wildman–Crippen LogP) is 1.19. The number of hydrogen-bond donors (Lipinski definition) is 1. The van der Waals surface area contributed by atoms with Crippen molar-refractivity contribution in [1.82, 2.24) is 4.90 Å². The molecule has 20 heavy (non-hydrogen) atoms. The van der Waals surface area contributed by atoms with Crippen LogP contribution in [0, 0.1) is 0 Å². The van der Waals surface area contributed by atoms with Crippen LogP contribution in [0.5, 0.6) is 5.75 Å². The molecule has 0 aromatic heterocycles. The third kappa shape index (κ3) is 2.83. The number of ether oxygens (including phenoxy) is 2. The van der Waals surface area contributed by atoms with Crippen molar-refractivity contribution in [3.05, 3.63) is 18.2 Å². The third-order valence-electron chi connectivity index (χ3n) is 4.24. The van der Waals surface area contributed by atoms with Gasteiger partial charge in [0.05, 0.1) is 20.3 Å². The first-order valence-corrected chi connectivity index (χ1v) is 7.27. The second-order valence-electron chi connectivity index (χ2n) is 5.50. The van der Waals surface area contributed by atoms with Crippen LogP contribution in [-0.4, -0.2) is 57.4 Å². The Balaban J connectivity index is 1.68. The number of anilines is 2. The molecule has 0 radical (unpaired) electrons. The SMILES string of the molecule is COc1cc(N)cc(N2CCC(N3CCOCC3)C2)c1. The van der Waals surface area contributed by atoms with E-state index in [0.29, 0.717) is 6.04 Å². The van der Waals surface area contributed by atoms with E-state index in [0.717, 1.165) is 56.5 Å². The highest BCUT2D eigenvalue weighted by Crippen LogP contribution is 2.29. The lowest BCUT2D eigenvalue weighted by molar-refractivity contribution is 0.0209. The fraction of sp³-hybridized carbons (Fsp3) is 0.600. The van der Waals surface area contributed by atoms with Gasteiger partial charge < -0.3 is 20.1 Å². The summed E-state index contributed by atoms with van der Waals surface area (Å²) in [6.07, 6.45) is 1.21. The summed E-state index contributed by atoms with van der Waals surface area (Å²) in [5, 5.41) is 0. The summed E-state index contributed by atoms with van der Waals surface area (Å²) in [6.45, 7) is 5.98. The molecular weight excluding hydrogens is 254 g/mol. The van der Waals surface area contributed by atoms with Crippen molar-refractivity contribution < 1.29 is 9.47 Å². The third-order valence-corrected chi connectivity index (χ3v) is 4.24. The van der Waals surface area contributed by atoms with Crippen LogP contribution in [-0.2, 0) is 4.74 Å². The standard InChI is InChI=1S/C15H23N3O2/c1-19-15-9-12(16)8-14(10-15)18-3-2-13(11-18)17-4-6-20-7-5-17/h8-10,13H,2-7,11,16H2,1H3. The molecule has 0 saturated carbocycles. The minimum Gasteiger partial charge on any atom is -0.497 e. The number of benzene rings is 1. The Morgan fingerprint density at radius 3 is 2.75 bits per heavy atom. The molecule has 0 amide bonds. The van der Waals surface area contributed by atoms with Crippen molar-refractivity contribution in [1.29, 1.82) is 0 Å². The van der Waals surface area contributed by atoms with E-state index >= 15 is 0 Å². The Hall–Kier alpha value is -1.46. The molecule has 1 unspecified atom stereocenters. The lowest BCUT2D eigenvalue weighted by Crippen LogP contribution is -2.44. The first-order valence-electron chi connectivity index (χ1n) is 7.27. The van der Waals surface area contributed by atoms with E-state index in [9.17, 15) is 0 Å². The maximum Gasteiger partial charge on any atom is 0.122 e. The molecule has 0 bridgehead atoms. The molecule has 2 fully saturated rings. The van der Waals surface area contributed by atoms with Crippen LogP contribution in [0.2, 0.25) is 0 Å². The van der Waals surface area contributed by atoms with Crippen molar-refractivity contribution in [2.75, 3.05) is 57.1 Å². The van der Waals surface area contributed by atoms with Gasteiger partial charge in [-0.2, -0.15) is 0 Å². The average molecular weight is 277 g/mol.